The zero-order chi connectivity index (χ0) is 12.3. The van der Waals surface area contributed by atoms with Gasteiger partial charge < -0.3 is 10.4 Å². The molecule has 17 heavy (non-hydrogen) atoms. The summed E-state index contributed by atoms with van der Waals surface area (Å²) in [5, 5.41) is 12.1. The molecule has 0 unspecified atom stereocenters. The van der Waals surface area contributed by atoms with Gasteiger partial charge in [-0.1, -0.05) is 0 Å². The van der Waals surface area contributed by atoms with Crippen LogP contribution in [0.15, 0.2) is 40.0 Å². The molecule has 0 fully saturated rings. The molecule has 2 aromatic rings. The molecule has 6 heteroatoms. The van der Waals surface area contributed by atoms with Gasteiger partial charge in [0.1, 0.15) is 0 Å². The van der Waals surface area contributed by atoms with Crippen molar-refractivity contribution >= 4 is 23.4 Å². The Morgan fingerprint density at radius 2 is 2.06 bits per heavy atom. The van der Waals surface area contributed by atoms with Crippen LogP contribution in [0.2, 0.25) is 0 Å². The number of nitrogens with zero attached hydrogens (tertiary/aromatic N) is 1. The maximum Gasteiger partial charge on any atom is 0.256 e. The molecule has 0 aliphatic heterocycles. The predicted octanol–water partition coefficient (Wildman–Crippen LogP) is 1.94. The molecule has 1 heterocycles. The Morgan fingerprint density at radius 3 is 2.65 bits per heavy atom. The topological polar surface area (TPSA) is 78.0 Å². The zero-order valence-corrected chi connectivity index (χ0v) is 9.91. The molecular weight excluding hydrogens is 238 g/mol. The third-order valence-electron chi connectivity index (χ3n) is 2.08. The van der Waals surface area contributed by atoms with Gasteiger partial charge in [-0.3, -0.25) is 9.78 Å². The highest BCUT2D eigenvalue weighted by Crippen LogP contribution is 2.19. The van der Waals surface area contributed by atoms with Crippen molar-refractivity contribution in [2.45, 2.75) is 4.90 Å². The molecule has 3 N–H and O–H groups in total. The van der Waals surface area contributed by atoms with Crippen molar-refractivity contribution in [1.29, 1.82) is 0 Å². The minimum Gasteiger partial charge on any atom is -0.493 e. The number of H-pyrrole nitrogens is 1. The fraction of sp³-hybridized carbons (Fsp3) is 0.0909. The highest BCUT2D eigenvalue weighted by molar-refractivity contribution is 7.98. The van der Waals surface area contributed by atoms with Crippen molar-refractivity contribution in [2.24, 2.45) is 0 Å². The van der Waals surface area contributed by atoms with Crippen molar-refractivity contribution < 1.29 is 5.11 Å². The molecule has 0 saturated heterocycles. The summed E-state index contributed by atoms with van der Waals surface area (Å²) in [7, 11) is 0. The number of aromatic nitrogens is 2. The van der Waals surface area contributed by atoms with E-state index in [0.29, 0.717) is 0 Å². The number of hydrogen-bond acceptors (Lipinski definition) is 5. The van der Waals surface area contributed by atoms with E-state index in [1.807, 2.05) is 30.5 Å². The van der Waals surface area contributed by atoms with Crippen molar-refractivity contribution in [1.82, 2.24) is 9.97 Å². The maximum absolute atomic E-state index is 11.1. The lowest BCUT2D eigenvalue weighted by atomic mass is 10.3. The maximum atomic E-state index is 11.1. The van der Waals surface area contributed by atoms with E-state index in [9.17, 15) is 9.90 Å². The van der Waals surface area contributed by atoms with Crippen LogP contribution in [-0.4, -0.2) is 21.3 Å². The lowest BCUT2D eigenvalue weighted by Gasteiger charge is -2.05. The normalized spacial score (nSPS) is 10.2. The van der Waals surface area contributed by atoms with Crippen LogP contribution in [0.3, 0.4) is 0 Å². The van der Waals surface area contributed by atoms with E-state index in [1.54, 1.807) is 11.8 Å². The number of aromatic amines is 1. The van der Waals surface area contributed by atoms with Gasteiger partial charge in [-0.05, 0) is 30.5 Å². The van der Waals surface area contributed by atoms with Gasteiger partial charge in [-0.15, -0.1) is 11.8 Å². The fourth-order valence-corrected chi connectivity index (χ4v) is 1.72. The lowest BCUT2D eigenvalue weighted by Crippen LogP contribution is -2.08. The van der Waals surface area contributed by atoms with Crippen LogP contribution < -0.4 is 10.9 Å². The minimum atomic E-state index is -0.402. The van der Waals surface area contributed by atoms with Gasteiger partial charge in [0.2, 0.25) is 11.8 Å². The lowest BCUT2D eigenvalue weighted by molar-refractivity contribution is 0.452. The number of hydrogen-bond donors (Lipinski definition) is 3. The van der Waals surface area contributed by atoms with E-state index in [4.69, 9.17) is 0 Å². The Balaban J connectivity index is 2.22. The smallest absolute Gasteiger partial charge is 0.256 e. The average Bonchev–Trinajstić information content (AvgIpc) is 2.28. The second-order valence-electron chi connectivity index (χ2n) is 3.31. The Labute approximate surface area is 102 Å². The molecule has 0 spiro atoms. The van der Waals surface area contributed by atoms with E-state index < -0.39 is 5.56 Å². The summed E-state index contributed by atoms with van der Waals surface area (Å²) in [6, 6.07) is 8.66. The first-order chi connectivity index (χ1) is 8.17. The third-order valence-corrected chi connectivity index (χ3v) is 2.82. The summed E-state index contributed by atoms with van der Waals surface area (Å²) < 4.78 is 0. The summed E-state index contributed by atoms with van der Waals surface area (Å²) in [6.45, 7) is 0. The molecule has 2 rings (SSSR count). The van der Waals surface area contributed by atoms with Gasteiger partial charge >= 0.3 is 0 Å². The molecule has 0 radical (unpaired) electrons. The minimum absolute atomic E-state index is 0.215. The van der Waals surface area contributed by atoms with Crippen LogP contribution in [0.1, 0.15) is 0 Å². The quantitative estimate of drug-likeness (QED) is 0.725. The number of rotatable bonds is 3. The summed E-state index contributed by atoms with van der Waals surface area (Å²) in [5.41, 5.74) is 0.386. The van der Waals surface area contributed by atoms with Gasteiger partial charge in [-0.25, -0.2) is 0 Å². The van der Waals surface area contributed by atoms with E-state index in [1.165, 1.54) is 0 Å². The highest BCUT2D eigenvalue weighted by atomic mass is 32.2. The number of anilines is 2. The van der Waals surface area contributed by atoms with E-state index in [0.717, 1.165) is 16.6 Å². The number of aromatic hydroxyl groups is 1. The first kappa shape index (κ1) is 11.5. The molecule has 1 aromatic heterocycles. The summed E-state index contributed by atoms with van der Waals surface area (Å²) in [4.78, 5) is 18.5. The van der Waals surface area contributed by atoms with Crippen LogP contribution >= 0.6 is 11.8 Å². The molecule has 0 aliphatic carbocycles. The van der Waals surface area contributed by atoms with E-state index >= 15 is 0 Å². The SMILES string of the molecule is CSc1ccc(Nc2nc(O)cc(=O)[nH]2)cc1. The van der Waals surface area contributed by atoms with Crippen LogP contribution in [0.4, 0.5) is 11.6 Å². The number of nitrogens with one attached hydrogen (secondary N) is 2. The Bertz CT molecular complexity index is 566. The van der Waals surface area contributed by atoms with Crippen molar-refractivity contribution in [3.63, 3.8) is 0 Å². The van der Waals surface area contributed by atoms with Gasteiger partial charge in [-0.2, -0.15) is 4.98 Å². The molecule has 88 valence electrons. The van der Waals surface area contributed by atoms with Crippen LogP contribution in [0, 0.1) is 0 Å². The first-order valence-electron chi connectivity index (χ1n) is 4.89. The average molecular weight is 249 g/mol. The Morgan fingerprint density at radius 1 is 1.35 bits per heavy atom. The standard InChI is InChI=1S/C11H11N3O2S/c1-17-8-4-2-7(3-5-8)12-11-13-9(15)6-10(16)14-11/h2-6H,1H3,(H3,12,13,14,15,16). The van der Waals surface area contributed by atoms with Gasteiger partial charge in [0.15, 0.2) is 0 Å². The van der Waals surface area contributed by atoms with Gasteiger partial charge in [0.05, 0.1) is 6.07 Å². The first-order valence-corrected chi connectivity index (χ1v) is 6.11. The largest absolute Gasteiger partial charge is 0.493 e. The Kier molecular flexibility index (Phi) is 3.34. The molecule has 0 bridgehead atoms. The van der Waals surface area contributed by atoms with Crippen molar-refractivity contribution in [2.75, 3.05) is 11.6 Å². The van der Waals surface area contributed by atoms with Crippen LogP contribution in [-0.2, 0) is 0 Å². The fourth-order valence-electron chi connectivity index (χ4n) is 1.32. The second-order valence-corrected chi connectivity index (χ2v) is 4.19. The van der Waals surface area contributed by atoms with Crippen molar-refractivity contribution in [3.05, 3.63) is 40.7 Å². The van der Waals surface area contributed by atoms with E-state index in [2.05, 4.69) is 15.3 Å². The number of benzene rings is 1. The predicted molar refractivity (Wildman–Crippen MR) is 68.0 cm³/mol. The molecule has 0 atom stereocenters. The van der Waals surface area contributed by atoms with E-state index in [-0.39, 0.29) is 11.8 Å². The zero-order valence-electron chi connectivity index (χ0n) is 9.10. The molecule has 1 aromatic carbocycles. The molecule has 0 saturated carbocycles. The van der Waals surface area contributed by atoms with Crippen LogP contribution in [0.25, 0.3) is 0 Å². The third kappa shape index (κ3) is 3.01. The second kappa shape index (κ2) is 4.92. The molecular formula is C11H11N3O2S. The number of thioether (sulfide) groups is 1. The van der Waals surface area contributed by atoms with Crippen molar-refractivity contribution in [3.8, 4) is 5.88 Å². The molecule has 5 nitrogen and oxygen atoms in total. The summed E-state index contributed by atoms with van der Waals surface area (Å²) in [6.07, 6.45) is 2.00. The highest BCUT2D eigenvalue weighted by Gasteiger charge is 2.00. The van der Waals surface area contributed by atoms with Gasteiger partial charge in [0.25, 0.3) is 5.56 Å². The van der Waals surface area contributed by atoms with Gasteiger partial charge in [0, 0.05) is 10.6 Å². The Hall–Kier alpha value is -1.95. The van der Waals surface area contributed by atoms with Crippen LogP contribution in [0.5, 0.6) is 5.88 Å². The molecule has 0 amide bonds. The summed E-state index contributed by atoms with van der Waals surface area (Å²) in [5.74, 6) is -0.0936. The summed E-state index contributed by atoms with van der Waals surface area (Å²) >= 11 is 1.65. The monoisotopic (exact) mass is 249 g/mol. The molecule has 0 aliphatic rings.